The van der Waals surface area contributed by atoms with Gasteiger partial charge in [0, 0.05) is 12.3 Å². The molecule has 6 heteroatoms. The molecule has 1 unspecified atom stereocenters. The summed E-state index contributed by atoms with van der Waals surface area (Å²) in [4.78, 5) is 11.7. The molecule has 2 rings (SSSR count). The number of hydrogen-bond acceptors (Lipinski definition) is 2. The highest BCUT2D eigenvalue weighted by atomic mass is 19.4. The van der Waals surface area contributed by atoms with Crippen molar-refractivity contribution < 1.29 is 13.2 Å². The second-order valence-electron chi connectivity index (χ2n) is 5.18. The molecule has 0 aromatic carbocycles. The SMILES string of the molecule is CC.CC.CC.CC.CC1(N)C=CC=C(Cn2cc(C(F)(F)F)ccc2=O)C=C1. The summed E-state index contributed by atoms with van der Waals surface area (Å²) in [6.45, 7) is 17.9. The molecule has 2 N–H and O–H groups in total. The van der Waals surface area contributed by atoms with Gasteiger partial charge in [0.05, 0.1) is 17.6 Å². The molecule has 1 heterocycles. The highest BCUT2D eigenvalue weighted by molar-refractivity contribution is 5.33. The molecule has 168 valence electrons. The number of pyridine rings is 1. The Morgan fingerprint density at radius 1 is 0.966 bits per heavy atom. The number of nitrogens with two attached hydrogens (primary N) is 1. The molecule has 0 spiro atoms. The monoisotopic (exact) mass is 416 g/mol. The molecule has 0 aliphatic heterocycles. The zero-order valence-corrected chi connectivity index (χ0v) is 19.4. The second kappa shape index (κ2) is 16.8. The van der Waals surface area contributed by atoms with Crippen molar-refractivity contribution in [3.05, 3.63) is 70.2 Å². The number of nitrogens with zero attached hydrogens (tertiary/aromatic N) is 1. The Labute approximate surface area is 174 Å². The molecule has 0 fully saturated rings. The molecule has 1 aliphatic carbocycles. The molecular weight excluding hydrogens is 377 g/mol. The van der Waals surface area contributed by atoms with Crippen LogP contribution in [0.4, 0.5) is 13.2 Å². The van der Waals surface area contributed by atoms with Crippen molar-refractivity contribution in [1.29, 1.82) is 0 Å². The van der Waals surface area contributed by atoms with E-state index >= 15 is 0 Å². The highest BCUT2D eigenvalue weighted by Gasteiger charge is 2.31. The summed E-state index contributed by atoms with van der Waals surface area (Å²) >= 11 is 0. The van der Waals surface area contributed by atoms with Gasteiger partial charge in [0.15, 0.2) is 0 Å². The third kappa shape index (κ3) is 12.9. The minimum absolute atomic E-state index is 0.0552. The summed E-state index contributed by atoms with van der Waals surface area (Å²) in [7, 11) is 0. The quantitative estimate of drug-likeness (QED) is 0.580. The van der Waals surface area contributed by atoms with Crippen molar-refractivity contribution in [2.24, 2.45) is 5.73 Å². The molecule has 0 amide bonds. The number of halogens is 3. The number of allylic oxidation sites excluding steroid dienone is 4. The third-order valence-electron chi connectivity index (χ3n) is 3.09. The van der Waals surface area contributed by atoms with Crippen LogP contribution in [0.2, 0.25) is 0 Å². The van der Waals surface area contributed by atoms with Crippen LogP contribution in [0, 0.1) is 0 Å². The summed E-state index contributed by atoms with van der Waals surface area (Å²) in [5, 5.41) is 0. The molecule has 1 aliphatic rings. The fourth-order valence-electron chi connectivity index (χ4n) is 1.90. The van der Waals surface area contributed by atoms with E-state index in [9.17, 15) is 18.0 Å². The van der Waals surface area contributed by atoms with E-state index in [1.54, 1.807) is 37.3 Å². The van der Waals surface area contributed by atoms with Crippen molar-refractivity contribution >= 4 is 0 Å². The number of hydrogen-bond donors (Lipinski definition) is 1. The molecule has 29 heavy (non-hydrogen) atoms. The van der Waals surface area contributed by atoms with Crippen LogP contribution in [-0.2, 0) is 12.7 Å². The fraction of sp³-hybridized carbons (Fsp3) is 0.522. The average molecular weight is 417 g/mol. The Morgan fingerprint density at radius 2 is 1.48 bits per heavy atom. The lowest BCUT2D eigenvalue weighted by molar-refractivity contribution is -0.138. The van der Waals surface area contributed by atoms with Gasteiger partial charge in [-0.25, -0.2) is 0 Å². The molecule has 0 saturated heterocycles. The fourth-order valence-corrected chi connectivity index (χ4v) is 1.90. The summed E-state index contributed by atoms with van der Waals surface area (Å²) in [5.41, 5.74) is 4.67. The van der Waals surface area contributed by atoms with E-state index in [-0.39, 0.29) is 6.54 Å². The van der Waals surface area contributed by atoms with Gasteiger partial charge < -0.3 is 10.3 Å². The Kier molecular flexibility index (Phi) is 18.4. The van der Waals surface area contributed by atoms with E-state index in [0.717, 1.165) is 22.9 Å². The molecule has 3 nitrogen and oxygen atoms in total. The number of rotatable bonds is 2. The Hall–Kier alpha value is -2.08. The number of alkyl halides is 3. The largest absolute Gasteiger partial charge is 0.417 e. The first-order valence-corrected chi connectivity index (χ1v) is 10.3. The first kappa shape index (κ1) is 31.6. The third-order valence-corrected chi connectivity index (χ3v) is 3.09. The molecule has 0 bridgehead atoms. The van der Waals surface area contributed by atoms with E-state index in [0.29, 0.717) is 5.57 Å². The molecule has 0 radical (unpaired) electrons. The minimum atomic E-state index is -4.47. The van der Waals surface area contributed by atoms with Gasteiger partial charge in [-0.1, -0.05) is 85.8 Å². The molecular formula is C23H39F3N2O. The van der Waals surface area contributed by atoms with E-state index in [4.69, 9.17) is 5.73 Å². The lowest BCUT2D eigenvalue weighted by atomic mass is 10.0. The molecule has 1 aromatic heterocycles. The van der Waals surface area contributed by atoms with Gasteiger partial charge in [-0.3, -0.25) is 4.79 Å². The average Bonchev–Trinajstić information content (AvgIpc) is 2.89. The standard InChI is InChI=1S/C15H15F3N2O.4C2H6/c1-14(19)7-2-3-11(6-8-14)9-20-10-12(15(16,17)18)4-5-13(20)21;4*1-2/h2-8,10H,9,19H2,1H3;4*1-2H3. The van der Waals surface area contributed by atoms with E-state index in [1.807, 2.05) is 55.4 Å². The van der Waals surface area contributed by atoms with Crippen molar-refractivity contribution in [1.82, 2.24) is 4.57 Å². The van der Waals surface area contributed by atoms with Gasteiger partial charge in [0.1, 0.15) is 0 Å². The van der Waals surface area contributed by atoms with E-state index in [2.05, 4.69) is 0 Å². The van der Waals surface area contributed by atoms with Crippen LogP contribution in [0.5, 0.6) is 0 Å². The normalized spacial score (nSPS) is 16.8. The maximum Gasteiger partial charge on any atom is 0.417 e. The van der Waals surface area contributed by atoms with Crippen LogP contribution in [0.3, 0.4) is 0 Å². The summed E-state index contributed by atoms with van der Waals surface area (Å²) < 4.78 is 39.1. The summed E-state index contributed by atoms with van der Waals surface area (Å²) in [5.74, 6) is 0. The van der Waals surface area contributed by atoms with Gasteiger partial charge in [-0.15, -0.1) is 0 Å². The lowest BCUT2D eigenvalue weighted by Crippen LogP contribution is -2.30. The Balaban J connectivity index is -0.000000754. The lowest BCUT2D eigenvalue weighted by Gasteiger charge is -2.13. The predicted molar refractivity (Wildman–Crippen MR) is 120 cm³/mol. The van der Waals surface area contributed by atoms with Gasteiger partial charge >= 0.3 is 6.18 Å². The maximum absolute atomic E-state index is 12.7. The van der Waals surface area contributed by atoms with Gasteiger partial charge in [0.25, 0.3) is 5.56 Å². The van der Waals surface area contributed by atoms with Crippen LogP contribution in [0.25, 0.3) is 0 Å². The van der Waals surface area contributed by atoms with Crippen LogP contribution in [-0.4, -0.2) is 10.1 Å². The topological polar surface area (TPSA) is 48.0 Å². The van der Waals surface area contributed by atoms with E-state index in [1.165, 1.54) is 0 Å². The zero-order valence-electron chi connectivity index (χ0n) is 19.4. The highest BCUT2D eigenvalue weighted by Crippen LogP contribution is 2.28. The van der Waals surface area contributed by atoms with Crippen molar-refractivity contribution in [2.75, 3.05) is 0 Å². The predicted octanol–water partition coefficient (Wildman–Crippen LogP) is 6.74. The van der Waals surface area contributed by atoms with Crippen LogP contribution < -0.4 is 11.3 Å². The van der Waals surface area contributed by atoms with Crippen LogP contribution in [0.1, 0.15) is 67.9 Å². The first-order chi connectivity index (χ1) is 13.7. The van der Waals surface area contributed by atoms with Crippen molar-refractivity contribution in [3.8, 4) is 0 Å². The smallest absolute Gasteiger partial charge is 0.319 e. The Morgan fingerprint density at radius 3 is 1.97 bits per heavy atom. The van der Waals surface area contributed by atoms with Gasteiger partial charge in [-0.2, -0.15) is 13.2 Å². The zero-order chi connectivity index (χ0) is 23.7. The summed E-state index contributed by atoms with van der Waals surface area (Å²) in [6, 6.07) is 1.71. The van der Waals surface area contributed by atoms with Gasteiger partial charge in [0.2, 0.25) is 0 Å². The van der Waals surface area contributed by atoms with E-state index < -0.39 is 22.8 Å². The molecule has 1 aromatic rings. The molecule has 0 saturated carbocycles. The second-order valence-corrected chi connectivity index (χ2v) is 5.18. The van der Waals surface area contributed by atoms with Crippen LogP contribution in [0.15, 0.2) is 59.1 Å². The van der Waals surface area contributed by atoms with Crippen molar-refractivity contribution in [2.45, 2.75) is 80.6 Å². The van der Waals surface area contributed by atoms with Crippen LogP contribution >= 0.6 is 0 Å². The minimum Gasteiger partial charge on any atom is -0.319 e. The van der Waals surface area contributed by atoms with Gasteiger partial charge in [-0.05, 0) is 18.6 Å². The maximum atomic E-state index is 12.7. The van der Waals surface area contributed by atoms with Crippen molar-refractivity contribution in [3.63, 3.8) is 0 Å². The summed E-state index contributed by atoms with van der Waals surface area (Å²) in [6.07, 6.45) is 5.03. The first-order valence-electron chi connectivity index (χ1n) is 10.3. The Bertz CT molecular complexity index is 682. The number of aromatic nitrogens is 1. The molecule has 1 atom stereocenters.